The third kappa shape index (κ3) is 7.57. The fourth-order valence-electron chi connectivity index (χ4n) is 4.46. The molecule has 1 fully saturated rings. The summed E-state index contributed by atoms with van der Waals surface area (Å²) in [5.74, 6) is 0.206. The second-order valence-electron chi connectivity index (χ2n) is 9.49. The van der Waals surface area contributed by atoms with Gasteiger partial charge in [-0.1, -0.05) is 29.8 Å². The van der Waals surface area contributed by atoms with E-state index >= 15 is 0 Å². The molecule has 3 aromatic rings. The number of aryl methyl sites for hydroxylation is 1. The normalized spacial score (nSPS) is 13.2. The summed E-state index contributed by atoms with van der Waals surface area (Å²) in [5, 5.41) is 4.93. The van der Waals surface area contributed by atoms with Gasteiger partial charge in [-0.3, -0.25) is 14.4 Å². The van der Waals surface area contributed by atoms with Gasteiger partial charge in [0.1, 0.15) is 12.3 Å². The summed E-state index contributed by atoms with van der Waals surface area (Å²) < 4.78 is 10.6. The van der Waals surface area contributed by atoms with Crippen LogP contribution in [0.5, 0.6) is 5.75 Å². The molecule has 0 spiro atoms. The number of ether oxygens (including phenoxy) is 2. The average Bonchev–Trinajstić information content (AvgIpc) is 3.41. The Morgan fingerprint density at radius 3 is 2.45 bits per heavy atom. The molecule has 0 bridgehead atoms. The van der Waals surface area contributed by atoms with Crippen molar-refractivity contribution >= 4 is 39.9 Å². The molecule has 2 aromatic carbocycles. The van der Waals surface area contributed by atoms with Crippen LogP contribution in [0.2, 0.25) is 0 Å². The van der Waals surface area contributed by atoms with Crippen LogP contribution in [0.1, 0.15) is 21.6 Å². The number of anilines is 2. The second kappa shape index (κ2) is 13.9. The highest BCUT2D eigenvalue weighted by atomic mass is 32.1. The Kier molecular flexibility index (Phi) is 10.1. The van der Waals surface area contributed by atoms with Crippen LogP contribution in [0.4, 0.5) is 10.8 Å². The summed E-state index contributed by atoms with van der Waals surface area (Å²) in [5.41, 5.74) is 3.18. The monoisotopic (exact) mass is 565 g/mol. The van der Waals surface area contributed by atoms with E-state index in [1.807, 2.05) is 48.2 Å². The summed E-state index contributed by atoms with van der Waals surface area (Å²) in [6.07, 6.45) is 0.160. The largest absolute Gasteiger partial charge is 0.495 e. The molecule has 1 N–H and O–H groups in total. The summed E-state index contributed by atoms with van der Waals surface area (Å²) >= 11 is 1.26. The lowest BCUT2D eigenvalue weighted by Crippen LogP contribution is -2.49. The molecule has 0 aliphatic carbocycles. The van der Waals surface area contributed by atoms with Crippen LogP contribution in [-0.2, 0) is 20.7 Å². The minimum atomic E-state index is -0.365. The summed E-state index contributed by atoms with van der Waals surface area (Å²) in [7, 11) is 3.21. The van der Waals surface area contributed by atoms with E-state index in [1.54, 1.807) is 31.7 Å². The molecule has 3 amide bonds. The zero-order chi connectivity index (χ0) is 28.5. The highest BCUT2D eigenvalue weighted by molar-refractivity contribution is 7.13. The first kappa shape index (κ1) is 29.0. The molecule has 212 valence electrons. The molecule has 10 nitrogen and oxygen atoms in total. The Balaban J connectivity index is 1.28. The predicted molar refractivity (Wildman–Crippen MR) is 155 cm³/mol. The number of nitrogens with one attached hydrogen (secondary N) is 1. The number of carbonyl (C=O) groups excluding carboxylic acids is 3. The fraction of sp³-hybridized carbons (Fsp3) is 0.379. The topological polar surface area (TPSA) is 104 Å². The molecular formula is C29H35N5O5S. The summed E-state index contributed by atoms with van der Waals surface area (Å²) in [6.45, 7) is 5.04. The SMILES string of the molecule is COCCN(CC(=O)Nc1nc(CC(=O)N2CCN(c3ccccc3OC)CC2)cs1)C(=O)c1ccc(C)cc1. The highest BCUT2D eigenvalue weighted by Crippen LogP contribution is 2.28. The van der Waals surface area contributed by atoms with Crippen molar-refractivity contribution in [2.45, 2.75) is 13.3 Å². The van der Waals surface area contributed by atoms with E-state index in [1.165, 1.54) is 16.2 Å². The molecule has 0 atom stereocenters. The number of aromatic nitrogens is 1. The van der Waals surface area contributed by atoms with Crippen LogP contribution in [0.3, 0.4) is 0 Å². The molecule has 40 heavy (non-hydrogen) atoms. The van der Waals surface area contributed by atoms with Crippen molar-refractivity contribution in [3.05, 3.63) is 70.7 Å². The van der Waals surface area contributed by atoms with Gasteiger partial charge in [-0.2, -0.15) is 0 Å². The molecule has 1 aliphatic rings. The standard InChI is InChI=1S/C29H35N5O5S/c1-21-8-10-22(11-9-21)28(37)34(16-17-38-2)19-26(35)31-29-30-23(20-40-29)18-27(36)33-14-12-32(13-15-33)24-6-4-5-7-25(24)39-3/h4-11,20H,12-19H2,1-3H3,(H,30,31,35). The lowest BCUT2D eigenvalue weighted by Gasteiger charge is -2.36. The van der Waals surface area contributed by atoms with E-state index in [0.717, 1.165) is 17.0 Å². The van der Waals surface area contributed by atoms with Gasteiger partial charge in [0, 0.05) is 50.8 Å². The number of amides is 3. The van der Waals surface area contributed by atoms with E-state index in [4.69, 9.17) is 9.47 Å². The Hall–Kier alpha value is -3.96. The number of benzene rings is 2. The number of carbonyl (C=O) groups is 3. The van der Waals surface area contributed by atoms with Crippen molar-refractivity contribution < 1.29 is 23.9 Å². The Morgan fingerprint density at radius 1 is 1.02 bits per heavy atom. The van der Waals surface area contributed by atoms with Crippen molar-refractivity contribution in [1.29, 1.82) is 0 Å². The lowest BCUT2D eigenvalue weighted by molar-refractivity contribution is -0.130. The number of piperazine rings is 1. The predicted octanol–water partition coefficient (Wildman–Crippen LogP) is 3.08. The van der Waals surface area contributed by atoms with Crippen LogP contribution in [-0.4, -0.2) is 92.6 Å². The first-order valence-corrected chi connectivity index (χ1v) is 14.0. The highest BCUT2D eigenvalue weighted by Gasteiger charge is 2.24. The first-order chi connectivity index (χ1) is 19.4. The maximum Gasteiger partial charge on any atom is 0.254 e. The van der Waals surface area contributed by atoms with E-state index in [2.05, 4.69) is 15.2 Å². The van der Waals surface area contributed by atoms with Crippen LogP contribution in [0, 0.1) is 6.92 Å². The molecule has 2 heterocycles. The van der Waals surface area contributed by atoms with Gasteiger partial charge in [-0.25, -0.2) is 4.98 Å². The van der Waals surface area contributed by atoms with E-state index < -0.39 is 0 Å². The molecule has 4 rings (SSSR count). The molecule has 1 aromatic heterocycles. The molecule has 0 unspecified atom stereocenters. The lowest BCUT2D eigenvalue weighted by atomic mass is 10.1. The molecule has 0 radical (unpaired) electrons. The minimum Gasteiger partial charge on any atom is -0.495 e. The van der Waals surface area contributed by atoms with Gasteiger partial charge in [0.25, 0.3) is 5.91 Å². The van der Waals surface area contributed by atoms with E-state index in [-0.39, 0.29) is 37.2 Å². The smallest absolute Gasteiger partial charge is 0.254 e. The fourth-order valence-corrected chi connectivity index (χ4v) is 5.19. The minimum absolute atomic E-state index is 0.00251. The van der Waals surface area contributed by atoms with Crippen molar-refractivity contribution in [2.24, 2.45) is 0 Å². The Bertz CT molecular complexity index is 1300. The number of para-hydroxylation sites is 2. The zero-order valence-corrected chi connectivity index (χ0v) is 23.9. The van der Waals surface area contributed by atoms with Gasteiger partial charge in [0.15, 0.2) is 5.13 Å². The number of hydrogen-bond donors (Lipinski definition) is 1. The van der Waals surface area contributed by atoms with Gasteiger partial charge in [0.2, 0.25) is 11.8 Å². The molecule has 11 heteroatoms. The van der Waals surface area contributed by atoms with Crippen LogP contribution >= 0.6 is 11.3 Å². The van der Waals surface area contributed by atoms with Crippen molar-refractivity contribution in [1.82, 2.24) is 14.8 Å². The van der Waals surface area contributed by atoms with Gasteiger partial charge in [-0.15, -0.1) is 11.3 Å². The van der Waals surface area contributed by atoms with Crippen LogP contribution < -0.4 is 15.0 Å². The molecular weight excluding hydrogens is 530 g/mol. The third-order valence-electron chi connectivity index (χ3n) is 6.67. The van der Waals surface area contributed by atoms with E-state index in [9.17, 15) is 14.4 Å². The van der Waals surface area contributed by atoms with Gasteiger partial charge >= 0.3 is 0 Å². The van der Waals surface area contributed by atoms with Crippen LogP contribution in [0.25, 0.3) is 0 Å². The van der Waals surface area contributed by atoms with Crippen molar-refractivity contribution in [3.63, 3.8) is 0 Å². The van der Waals surface area contributed by atoms with Crippen LogP contribution in [0.15, 0.2) is 53.9 Å². The first-order valence-electron chi connectivity index (χ1n) is 13.1. The number of hydrogen-bond acceptors (Lipinski definition) is 8. The van der Waals surface area contributed by atoms with Gasteiger partial charge < -0.3 is 29.5 Å². The third-order valence-corrected chi connectivity index (χ3v) is 7.48. The Labute approximate surface area is 238 Å². The summed E-state index contributed by atoms with van der Waals surface area (Å²) in [6, 6.07) is 15.1. The van der Waals surface area contributed by atoms with Gasteiger partial charge in [-0.05, 0) is 31.2 Å². The summed E-state index contributed by atoms with van der Waals surface area (Å²) in [4.78, 5) is 48.7. The van der Waals surface area contributed by atoms with Gasteiger partial charge in [0.05, 0.1) is 31.5 Å². The number of nitrogens with zero attached hydrogens (tertiary/aromatic N) is 4. The van der Waals surface area contributed by atoms with E-state index in [0.29, 0.717) is 49.2 Å². The number of rotatable bonds is 11. The Morgan fingerprint density at radius 2 is 1.75 bits per heavy atom. The molecule has 1 aliphatic heterocycles. The average molecular weight is 566 g/mol. The van der Waals surface area contributed by atoms with Crippen molar-refractivity contribution in [2.75, 3.05) is 70.3 Å². The maximum atomic E-state index is 13.0. The maximum absolute atomic E-state index is 13.0. The number of methoxy groups -OCH3 is 2. The van der Waals surface area contributed by atoms with Crippen molar-refractivity contribution in [3.8, 4) is 5.75 Å². The molecule has 1 saturated heterocycles. The second-order valence-corrected chi connectivity index (χ2v) is 10.4. The number of thiazole rings is 1. The quantitative estimate of drug-likeness (QED) is 0.381. The zero-order valence-electron chi connectivity index (χ0n) is 23.1. The molecule has 0 saturated carbocycles.